The molecule has 0 radical (unpaired) electrons. The highest BCUT2D eigenvalue weighted by Crippen LogP contribution is 2.67. The maximum atomic E-state index is 13.7. The fraction of sp³-hybridized carbons (Fsp3) is 0.576. The van der Waals surface area contributed by atoms with E-state index in [1.54, 1.807) is 11.6 Å². The average Bonchev–Trinajstić information content (AvgIpc) is 1.39. The molecule has 1 aliphatic heterocycles. The molecule has 10 atom stereocenters. The summed E-state index contributed by atoms with van der Waals surface area (Å²) in [6, 6.07) is 10.6. The molecule has 6 aliphatic rings. The topological polar surface area (TPSA) is 291 Å². The van der Waals surface area contributed by atoms with E-state index in [0.29, 0.717) is 46.7 Å². The van der Waals surface area contributed by atoms with Crippen molar-refractivity contribution in [1.82, 2.24) is 26.6 Å². The van der Waals surface area contributed by atoms with Gasteiger partial charge in [0.2, 0.25) is 17.7 Å². The van der Waals surface area contributed by atoms with Crippen LogP contribution in [-0.4, -0.2) is 111 Å². The molecular formula is C66H87N5O13S2. The van der Waals surface area contributed by atoms with Crippen molar-refractivity contribution in [3.05, 3.63) is 87.6 Å². The van der Waals surface area contributed by atoms with Crippen molar-refractivity contribution in [2.24, 2.45) is 46.3 Å². The molecule has 2 aromatic rings. The standard InChI is InChI=1S/C66H87N5O13S2/c1-38(2)8-6-9-39(3)50-18-19-51-46-15-11-41-35-42(24-27-65(41,4)52(46)25-28-66(50,51)5)67-29-7-30-68-62(80)53(20-22-58(75)76)71-63(81)54(21-23-59(77)78)70-57(74)26-32-85-86-33-31-69-61(79)40-10-14-45(49(34-40)64(82)83)60-47-16-12-43(72)36-55(47)84-56-37-44(73)13-17-48(56)60/h10-14,16-17,34,36-39,42,46,50-54,67,72H,6-9,15,18-33,35H2,1-5H3,(H,68,80)(H,69,79)(H,70,74)(H,71,81)(H,75,76)(H,77,78)(H,82,83)/t39-,42+,46-,50?,51+,52?,53+,54+,65?,66?/m1/s1. The van der Waals surface area contributed by atoms with Gasteiger partial charge in [0.25, 0.3) is 5.91 Å². The lowest BCUT2D eigenvalue weighted by atomic mass is 9.47. The van der Waals surface area contributed by atoms with E-state index in [4.69, 9.17) is 4.42 Å². The summed E-state index contributed by atoms with van der Waals surface area (Å²) in [5, 5.41) is 54.4. The number of hydrogen-bond donors (Lipinski definition) is 9. The van der Waals surface area contributed by atoms with Crippen LogP contribution in [0.1, 0.15) is 164 Å². The van der Waals surface area contributed by atoms with Crippen molar-refractivity contribution in [2.75, 3.05) is 31.1 Å². The molecule has 8 rings (SSSR count). The zero-order valence-electron chi connectivity index (χ0n) is 50.3. The second-order valence-corrected chi connectivity index (χ2v) is 28.1. The predicted molar refractivity (Wildman–Crippen MR) is 335 cm³/mol. The molecule has 18 nitrogen and oxygen atoms in total. The monoisotopic (exact) mass is 1220 g/mol. The molecule has 4 unspecified atom stereocenters. The Morgan fingerprint density at radius 2 is 1.44 bits per heavy atom. The largest absolute Gasteiger partial charge is 0.508 e. The van der Waals surface area contributed by atoms with E-state index < -0.39 is 66.5 Å². The second kappa shape index (κ2) is 29.5. The quantitative estimate of drug-likeness (QED) is 0.0101. The molecule has 0 bridgehead atoms. The third-order valence-electron chi connectivity index (χ3n) is 19.4. The van der Waals surface area contributed by atoms with Crippen LogP contribution in [0.5, 0.6) is 5.75 Å². The zero-order chi connectivity index (χ0) is 61.9. The van der Waals surface area contributed by atoms with Gasteiger partial charge in [0.05, 0.1) is 5.56 Å². The lowest BCUT2D eigenvalue weighted by Gasteiger charge is -2.58. The normalized spacial score (nSPS) is 23.5. The fourth-order valence-corrected chi connectivity index (χ4v) is 16.9. The van der Waals surface area contributed by atoms with Gasteiger partial charge >= 0.3 is 17.9 Å². The minimum absolute atomic E-state index is 0.0567. The molecule has 2 aromatic carbocycles. The van der Waals surface area contributed by atoms with Crippen molar-refractivity contribution in [2.45, 2.75) is 162 Å². The van der Waals surface area contributed by atoms with E-state index in [1.807, 2.05) is 0 Å². The number of fused-ring (bicyclic) bond motifs is 7. The lowest BCUT2D eigenvalue weighted by molar-refractivity contribution is -0.139. The minimum atomic E-state index is -1.32. The number of aliphatic carboxylic acids is 2. The summed E-state index contributed by atoms with van der Waals surface area (Å²) >= 11 is 0. The van der Waals surface area contributed by atoms with Gasteiger partial charge in [-0.1, -0.05) is 93.2 Å². The number of aromatic carboxylic acids is 1. The number of carboxylic acid groups (broad SMARTS) is 3. The van der Waals surface area contributed by atoms with Crippen LogP contribution in [-0.2, 0) is 24.0 Å². The van der Waals surface area contributed by atoms with Gasteiger partial charge in [-0.25, -0.2) is 4.79 Å². The molecule has 0 aromatic heterocycles. The number of hydrogen-bond acceptors (Lipinski definition) is 13. The summed E-state index contributed by atoms with van der Waals surface area (Å²) in [5.41, 5.74) is 3.28. The molecule has 9 N–H and O–H groups in total. The molecular weight excluding hydrogens is 1130 g/mol. The van der Waals surface area contributed by atoms with E-state index in [9.17, 15) is 58.8 Å². The number of carbonyl (C=O) groups excluding carboxylic acids is 4. The van der Waals surface area contributed by atoms with Crippen molar-refractivity contribution < 1.29 is 58.4 Å². The molecule has 86 heavy (non-hydrogen) atoms. The molecule has 3 saturated carbocycles. The molecule has 466 valence electrons. The van der Waals surface area contributed by atoms with Gasteiger partial charge < -0.3 is 51.4 Å². The third-order valence-corrected chi connectivity index (χ3v) is 21.8. The van der Waals surface area contributed by atoms with Gasteiger partial charge in [0.1, 0.15) is 29.2 Å². The average molecular weight is 1220 g/mol. The van der Waals surface area contributed by atoms with Crippen molar-refractivity contribution >= 4 is 74.1 Å². The Hall–Kier alpha value is -6.38. The van der Waals surface area contributed by atoms with E-state index in [-0.39, 0.29) is 82.7 Å². The number of amides is 4. The van der Waals surface area contributed by atoms with Crippen LogP contribution < -0.4 is 32.0 Å². The molecule has 1 heterocycles. The first-order valence-corrected chi connectivity index (χ1v) is 33.4. The summed E-state index contributed by atoms with van der Waals surface area (Å²) in [6.45, 7) is 13.5. The van der Waals surface area contributed by atoms with Crippen LogP contribution >= 0.6 is 21.6 Å². The van der Waals surface area contributed by atoms with Gasteiger partial charge in [-0.3, -0.25) is 33.6 Å². The number of carbonyl (C=O) groups is 7. The first-order chi connectivity index (χ1) is 41.1. The minimum Gasteiger partial charge on any atom is -0.508 e. The Balaban J connectivity index is 0.757. The Morgan fingerprint density at radius 1 is 0.709 bits per heavy atom. The maximum Gasteiger partial charge on any atom is 0.336 e. The molecule has 4 amide bonds. The third kappa shape index (κ3) is 16.0. The van der Waals surface area contributed by atoms with Gasteiger partial charge in [0, 0.05) is 84.1 Å². The molecule has 0 spiro atoms. The number of phenolic OH excluding ortho intramolecular Hbond substituents is 1. The van der Waals surface area contributed by atoms with Crippen molar-refractivity contribution in [3.8, 4) is 28.2 Å². The Labute approximate surface area is 511 Å². The summed E-state index contributed by atoms with van der Waals surface area (Å²) in [6.07, 6.45) is 15.7. The number of carboxylic acids is 3. The van der Waals surface area contributed by atoms with E-state index in [2.05, 4.69) is 67.3 Å². The van der Waals surface area contributed by atoms with E-state index in [0.717, 1.165) is 48.3 Å². The van der Waals surface area contributed by atoms with Crippen molar-refractivity contribution in [1.29, 1.82) is 0 Å². The zero-order valence-corrected chi connectivity index (χ0v) is 51.9. The number of nitrogens with one attached hydrogen (secondary N) is 5. The number of allylic oxidation sites excluding steroid dienone is 1. The number of phenols is 1. The van der Waals surface area contributed by atoms with Crippen LogP contribution in [0.3, 0.4) is 0 Å². The SMILES string of the molecule is CC(C)CCC[C@@H](C)C1CC[C@H]2[C@H]3CC=C4C[C@@H](NCCCNC(=O)[C@H](CCC(=O)O)NC(=O)[C@H](CCC(=O)O)NC(=O)CCSSCCNC(=O)c5ccc(-c6c7ccc(=O)cc-7oc7cc(O)ccc67)c(C(=O)O)c5)CCC4(C)C3CCC12C. The van der Waals surface area contributed by atoms with Crippen molar-refractivity contribution in [3.63, 3.8) is 0 Å². The summed E-state index contributed by atoms with van der Waals surface area (Å²) in [4.78, 5) is 102. The second-order valence-electron chi connectivity index (χ2n) is 25.4. The van der Waals surface area contributed by atoms with E-state index in [1.165, 1.54) is 128 Å². The van der Waals surface area contributed by atoms with Crippen LogP contribution in [0, 0.1) is 46.3 Å². The highest BCUT2D eigenvalue weighted by Gasteiger charge is 2.59. The predicted octanol–water partition coefficient (Wildman–Crippen LogP) is 10.7. The van der Waals surface area contributed by atoms with Crippen LogP contribution in [0.15, 0.2) is 75.5 Å². The maximum absolute atomic E-state index is 13.7. The summed E-state index contributed by atoms with van der Waals surface area (Å²) < 4.78 is 5.90. The fourth-order valence-electron chi connectivity index (χ4n) is 15.0. The molecule has 20 heteroatoms. The summed E-state index contributed by atoms with van der Waals surface area (Å²) in [7, 11) is 2.68. The Kier molecular flexibility index (Phi) is 22.5. The van der Waals surface area contributed by atoms with Crippen LogP contribution in [0.2, 0.25) is 0 Å². The lowest BCUT2D eigenvalue weighted by Crippen LogP contribution is -2.54. The van der Waals surface area contributed by atoms with Crippen LogP contribution in [0.4, 0.5) is 0 Å². The van der Waals surface area contributed by atoms with Gasteiger partial charge in [0.15, 0.2) is 5.43 Å². The summed E-state index contributed by atoms with van der Waals surface area (Å²) in [5.74, 6) is -0.608. The number of benzene rings is 3. The number of rotatable bonds is 30. The number of aromatic hydroxyl groups is 1. The first-order valence-electron chi connectivity index (χ1n) is 30.9. The molecule has 3 fully saturated rings. The smallest absolute Gasteiger partial charge is 0.336 e. The van der Waals surface area contributed by atoms with Gasteiger partial charge in [-0.15, -0.1) is 0 Å². The Morgan fingerprint density at radius 3 is 2.17 bits per heavy atom. The highest BCUT2D eigenvalue weighted by molar-refractivity contribution is 8.76. The Bertz CT molecular complexity index is 3180. The van der Waals surface area contributed by atoms with Gasteiger partial charge in [-0.05, 0) is 165 Å². The van der Waals surface area contributed by atoms with E-state index >= 15 is 0 Å². The van der Waals surface area contributed by atoms with Crippen LogP contribution in [0.25, 0.3) is 33.4 Å². The van der Waals surface area contributed by atoms with Gasteiger partial charge in [-0.2, -0.15) is 0 Å². The molecule has 5 aliphatic carbocycles. The first kappa shape index (κ1) is 65.6. The molecule has 0 saturated heterocycles. The highest BCUT2D eigenvalue weighted by atomic mass is 33.1.